The molecule has 0 atom stereocenters. The number of hydrogen-bond donors (Lipinski definition) is 1. The summed E-state index contributed by atoms with van der Waals surface area (Å²) >= 11 is 0. The van der Waals surface area contributed by atoms with E-state index in [-0.39, 0.29) is 17.6 Å². The van der Waals surface area contributed by atoms with Gasteiger partial charge in [-0.15, -0.1) is 0 Å². The first-order valence-corrected chi connectivity index (χ1v) is 9.54. The van der Waals surface area contributed by atoms with Gasteiger partial charge in [0.25, 0.3) is 5.91 Å². The molecule has 144 valence electrons. The molecular formula is C22H23N3O3. The quantitative estimate of drug-likeness (QED) is 0.829. The van der Waals surface area contributed by atoms with Gasteiger partial charge in [0.1, 0.15) is 0 Å². The summed E-state index contributed by atoms with van der Waals surface area (Å²) in [6.07, 6.45) is 0.330. The number of aryl methyl sites for hydroxylation is 1. The molecule has 0 aliphatic carbocycles. The zero-order valence-corrected chi connectivity index (χ0v) is 15.9. The Labute approximate surface area is 164 Å². The van der Waals surface area contributed by atoms with E-state index in [9.17, 15) is 14.4 Å². The third-order valence-corrected chi connectivity index (χ3v) is 5.38. The molecule has 0 aromatic heterocycles. The van der Waals surface area contributed by atoms with Gasteiger partial charge in [-0.25, -0.2) is 0 Å². The van der Waals surface area contributed by atoms with Crippen molar-refractivity contribution in [2.24, 2.45) is 0 Å². The summed E-state index contributed by atoms with van der Waals surface area (Å²) in [5.74, 6) is 0.0520. The van der Waals surface area contributed by atoms with Crippen molar-refractivity contribution in [1.82, 2.24) is 9.80 Å². The van der Waals surface area contributed by atoms with Crippen LogP contribution in [0.15, 0.2) is 42.5 Å². The summed E-state index contributed by atoms with van der Waals surface area (Å²) in [6.45, 7) is 4.90. The monoisotopic (exact) mass is 377 g/mol. The molecule has 6 nitrogen and oxygen atoms in total. The van der Waals surface area contributed by atoms with Gasteiger partial charge >= 0.3 is 0 Å². The topological polar surface area (TPSA) is 69.7 Å². The molecule has 1 N–H and O–H groups in total. The predicted octanol–water partition coefficient (Wildman–Crippen LogP) is 2.13. The zero-order valence-electron chi connectivity index (χ0n) is 15.9. The second kappa shape index (κ2) is 7.56. The summed E-state index contributed by atoms with van der Waals surface area (Å²) in [6, 6.07) is 13.0. The Morgan fingerprint density at radius 2 is 1.64 bits per heavy atom. The third kappa shape index (κ3) is 3.82. The van der Waals surface area contributed by atoms with Gasteiger partial charge in [-0.3, -0.25) is 19.3 Å². The van der Waals surface area contributed by atoms with Gasteiger partial charge in [-0.1, -0.05) is 17.7 Å². The van der Waals surface area contributed by atoms with Crippen molar-refractivity contribution >= 4 is 23.3 Å². The van der Waals surface area contributed by atoms with E-state index in [0.29, 0.717) is 50.3 Å². The predicted molar refractivity (Wildman–Crippen MR) is 107 cm³/mol. The highest BCUT2D eigenvalue weighted by Crippen LogP contribution is 2.24. The Hall–Kier alpha value is -2.99. The second-order valence-corrected chi connectivity index (χ2v) is 7.45. The minimum atomic E-state index is -0.0334. The van der Waals surface area contributed by atoms with Crippen LogP contribution in [0, 0.1) is 6.92 Å². The van der Waals surface area contributed by atoms with Crippen molar-refractivity contribution in [2.75, 3.05) is 38.0 Å². The molecule has 0 saturated carbocycles. The lowest BCUT2D eigenvalue weighted by Crippen LogP contribution is -2.49. The Balaban J connectivity index is 1.32. The number of carbonyl (C=O) groups is 3. The van der Waals surface area contributed by atoms with Gasteiger partial charge in [0.05, 0.1) is 13.0 Å². The van der Waals surface area contributed by atoms with E-state index >= 15 is 0 Å². The van der Waals surface area contributed by atoms with Crippen molar-refractivity contribution in [3.63, 3.8) is 0 Å². The molecule has 0 unspecified atom stereocenters. The van der Waals surface area contributed by atoms with E-state index in [2.05, 4.69) is 10.2 Å². The zero-order chi connectivity index (χ0) is 19.7. The van der Waals surface area contributed by atoms with E-state index < -0.39 is 0 Å². The molecule has 0 spiro atoms. The van der Waals surface area contributed by atoms with E-state index in [1.165, 1.54) is 0 Å². The first-order valence-electron chi connectivity index (χ1n) is 9.54. The number of hydrogen-bond acceptors (Lipinski definition) is 4. The number of amides is 2. The highest BCUT2D eigenvalue weighted by atomic mass is 16.2. The van der Waals surface area contributed by atoms with Crippen LogP contribution in [0.25, 0.3) is 0 Å². The van der Waals surface area contributed by atoms with Crippen LogP contribution >= 0.6 is 0 Å². The van der Waals surface area contributed by atoms with Crippen molar-refractivity contribution in [3.8, 4) is 0 Å². The van der Waals surface area contributed by atoms with Crippen molar-refractivity contribution < 1.29 is 14.4 Å². The maximum absolute atomic E-state index is 12.6. The molecule has 1 fully saturated rings. The number of ketones is 1. The van der Waals surface area contributed by atoms with Crippen LogP contribution in [0.3, 0.4) is 0 Å². The standard InChI is InChI=1S/C22H23N3O3/c1-15-2-4-16(5-3-15)22(28)25-10-8-24(9-11-25)14-20(26)17-6-7-19-18(12-17)13-21(27)23-19/h2-7,12H,8-11,13-14H2,1H3,(H,23,27). The molecule has 2 amide bonds. The summed E-state index contributed by atoms with van der Waals surface area (Å²) in [5.41, 5.74) is 4.14. The number of rotatable bonds is 4. The van der Waals surface area contributed by atoms with Crippen molar-refractivity contribution in [1.29, 1.82) is 0 Å². The lowest BCUT2D eigenvalue weighted by Gasteiger charge is -2.34. The van der Waals surface area contributed by atoms with Crippen LogP contribution in [0.1, 0.15) is 31.8 Å². The van der Waals surface area contributed by atoms with Crippen LogP contribution in [0.5, 0.6) is 0 Å². The van der Waals surface area contributed by atoms with Crippen molar-refractivity contribution in [3.05, 3.63) is 64.7 Å². The minimum Gasteiger partial charge on any atom is -0.336 e. The second-order valence-electron chi connectivity index (χ2n) is 7.45. The number of Topliss-reactive ketones (excluding diaryl/α,β-unsaturated/α-hetero) is 1. The fourth-order valence-electron chi connectivity index (χ4n) is 3.68. The minimum absolute atomic E-state index is 0.0334. The molecule has 28 heavy (non-hydrogen) atoms. The average molecular weight is 377 g/mol. The largest absolute Gasteiger partial charge is 0.336 e. The number of nitrogens with one attached hydrogen (secondary N) is 1. The summed E-state index contributed by atoms with van der Waals surface area (Å²) in [4.78, 5) is 40.6. The first-order chi connectivity index (χ1) is 13.5. The number of fused-ring (bicyclic) bond motifs is 1. The average Bonchev–Trinajstić information content (AvgIpc) is 3.07. The molecule has 6 heteroatoms. The van der Waals surface area contributed by atoms with Crippen LogP contribution in [0.4, 0.5) is 5.69 Å². The SMILES string of the molecule is Cc1ccc(C(=O)N2CCN(CC(=O)c3ccc4c(c3)CC(=O)N4)CC2)cc1. The van der Waals surface area contributed by atoms with Crippen LogP contribution in [0.2, 0.25) is 0 Å². The number of anilines is 1. The van der Waals surface area contributed by atoms with E-state index in [0.717, 1.165) is 16.8 Å². The normalized spacial score (nSPS) is 16.6. The smallest absolute Gasteiger partial charge is 0.253 e. The molecule has 2 aromatic rings. The van der Waals surface area contributed by atoms with Crippen LogP contribution in [-0.2, 0) is 11.2 Å². The molecule has 2 aliphatic rings. The molecule has 2 aromatic carbocycles. The maximum atomic E-state index is 12.6. The lowest BCUT2D eigenvalue weighted by molar-refractivity contribution is -0.115. The Kier molecular flexibility index (Phi) is 4.96. The molecule has 4 rings (SSSR count). The number of carbonyl (C=O) groups excluding carboxylic acids is 3. The molecule has 2 aliphatic heterocycles. The number of piperazine rings is 1. The number of benzene rings is 2. The Morgan fingerprint density at radius 1 is 0.964 bits per heavy atom. The highest BCUT2D eigenvalue weighted by Gasteiger charge is 2.24. The highest BCUT2D eigenvalue weighted by molar-refractivity contribution is 6.02. The lowest BCUT2D eigenvalue weighted by atomic mass is 10.0. The fourth-order valence-corrected chi connectivity index (χ4v) is 3.68. The Bertz CT molecular complexity index is 929. The van der Waals surface area contributed by atoms with Gasteiger partial charge in [0.15, 0.2) is 5.78 Å². The first kappa shape index (κ1) is 18.4. The van der Waals surface area contributed by atoms with E-state index in [1.54, 1.807) is 12.1 Å². The van der Waals surface area contributed by atoms with E-state index in [1.807, 2.05) is 42.2 Å². The fraction of sp³-hybridized carbons (Fsp3) is 0.318. The van der Waals surface area contributed by atoms with Crippen LogP contribution in [-0.4, -0.2) is 60.1 Å². The molecular weight excluding hydrogens is 354 g/mol. The van der Waals surface area contributed by atoms with Gasteiger partial charge in [-0.05, 0) is 42.8 Å². The van der Waals surface area contributed by atoms with E-state index in [4.69, 9.17) is 0 Å². The van der Waals surface area contributed by atoms with Crippen LogP contribution < -0.4 is 5.32 Å². The summed E-state index contributed by atoms with van der Waals surface area (Å²) in [5, 5.41) is 2.78. The van der Waals surface area contributed by atoms with Crippen molar-refractivity contribution in [2.45, 2.75) is 13.3 Å². The third-order valence-electron chi connectivity index (χ3n) is 5.38. The maximum Gasteiger partial charge on any atom is 0.253 e. The van der Waals surface area contributed by atoms with Gasteiger partial charge in [0.2, 0.25) is 5.91 Å². The molecule has 0 radical (unpaired) electrons. The summed E-state index contributed by atoms with van der Waals surface area (Å²) < 4.78 is 0. The van der Waals surface area contributed by atoms with Gasteiger partial charge < -0.3 is 10.2 Å². The molecule has 2 heterocycles. The Morgan fingerprint density at radius 3 is 2.36 bits per heavy atom. The molecule has 1 saturated heterocycles. The van der Waals surface area contributed by atoms with Gasteiger partial charge in [-0.2, -0.15) is 0 Å². The number of nitrogens with zero attached hydrogens (tertiary/aromatic N) is 2. The van der Waals surface area contributed by atoms with Gasteiger partial charge in [0, 0.05) is 43.0 Å². The summed E-state index contributed by atoms with van der Waals surface area (Å²) in [7, 11) is 0. The molecule has 0 bridgehead atoms.